The van der Waals surface area contributed by atoms with E-state index in [1.807, 2.05) is 29.9 Å². The normalized spacial score (nSPS) is 18.9. The zero-order valence-corrected chi connectivity index (χ0v) is 18.2. The lowest BCUT2D eigenvalue weighted by molar-refractivity contribution is 0.317. The number of benzene rings is 1. The van der Waals surface area contributed by atoms with E-state index in [0.717, 1.165) is 31.4 Å². The second-order valence-corrected chi connectivity index (χ2v) is 9.38. The van der Waals surface area contributed by atoms with Crippen molar-refractivity contribution in [1.82, 2.24) is 8.87 Å². The molecule has 1 aromatic heterocycles. The standard InChI is InChI=1S/C19H25BrN2O4S/c1-21-10-7-9-15(21)16-8-5-4-6-11-22(16)27(23,24)19-13-18(26-3)17(25-2)12-14(19)20/h7,9-10,12-13,16H,4-6,8,11H2,1-3H3/t16-/m1/s1. The molecule has 0 bridgehead atoms. The summed E-state index contributed by atoms with van der Waals surface area (Å²) in [5, 5.41) is 0. The molecule has 0 radical (unpaired) electrons. The van der Waals surface area contributed by atoms with Crippen molar-refractivity contribution in [3.05, 3.63) is 40.6 Å². The van der Waals surface area contributed by atoms with Crippen LogP contribution < -0.4 is 9.47 Å². The molecule has 0 aliphatic carbocycles. The summed E-state index contributed by atoms with van der Waals surface area (Å²) in [7, 11) is 1.26. The number of rotatable bonds is 5. The summed E-state index contributed by atoms with van der Waals surface area (Å²) in [6.45, 7) is 0.499. The Kier molecular flexibility index (Phi) is 6.18. The van der Waals surface area contributed by atoms with Gasteiger partial charge in [0.2, 0.25) is 10.0 Å². The van der Waals surface area contributed by atoms with Gasteiger partial charge < -0.3 is 14.0 Å². The molecule has 1 saturated heterocycles. The molecule has 3 rings (SSSR count). The molecule has 6 nitrogen and oxygen atoms in total. The van der Waals surface area contributed by atoms with Crippen molar-refractivity contribution in [2.24, 2.45) is 7.05 Å². The highest BCUT2D eigenvalue weighted by Gasteiger charge is 2.36. The SMILES string of the molecule is COc1cc(Br)c(S(=O)(=O)N2CCCCC[C@@H]2c2cccn2C)cc1OC. The van der Waals surface area contributed by atoms with Gasteiger partial charge in [0.05, 0.1) is 20.3 Å². The minimum Gasteiger partial charge on any atom is -0.493 e. The van der Waals surface area contributed by atoms with E-state index in [2.05, 4.69) is 15.9 Å². The van der Waals surface area contributed by atoms with Crippen LogP contribution in [0.25, 0.3) is 0 Å². The molecule has 1 aliphatic heterocycles. The van der Waals surface area contributed by atoms with Crippen molar-refractivity contribution in [1.29, 1.82) is 0 Å². The maximum Gasteiger partial charge on any atom is 0.244 e. The number of ether oxygens (including phenoxy) is 2. The monoisotopic (exact) mass is 456 g/mol. The summed E-state index contributed by atoms with van der Waals surface area (Å²) in [5.74, 6) is 0.877. The van der Waals surface area contributed by atoms with E-state index in [1.165, 1.54) is 20.3 Å². The maximum atomic E-state index is 13.6. The zero-order chi connectivity index (χ0) is 19.6. The second-order valence-electron chi connectivity index (χ2n) is 6.66. The van der Waals surface area contributed by atoms with Gasteiger partial charge >= 0.3 is 0 Å². The first-order valence-corrected chi connectivity index (χ1v) is 11.2. The Balaban J connectivity index is 2.10. The van der Waals surface area contributed by atoms with Crippen LogP contribution in [0.2, 0.25) is 0 Å². The van der Waals surface area contributed by atoms with E-state index < -0.39 is 10.0 Å². The predicted molar refractivity (Wildman–Crippen MR) is 108 cm³/mol. The molecule has 1 atom stereocenters. The van der Waals surface area contributed by atoms with Crippen molar-refractivity contribution < 1.29 is 17.9 Å². The van der Waals surface area contributed by atoms with Crippen LogP contribution in [-0.2, 0) is 17.1 Å². The maximum absolute atomic E-state index is 13.6. The lowest BCUT2D eigenvalue weighted by Crippen LogP contribution is -2.35. The second kappa shape index (κ2) is 8.24. The fraction of sp³-hybridized carbons (Fsp3) is 0.474. The van der Waals surface area contributed by atoms with Gasteiger partial charge in [0.1, 0.15) is 4.90 Å². The number of aryl methyl sites for hydroxylation is 1. The Morgan fingerprint density at radius 1 is 1.11 bits per heavy atom. The molecule has 148 valence electrons. The third-order valence-electron chi connectivity index (χ3n) is 5.05. The fourth-order valence-corrected chi connectivity index (χ4v) is 6.31. The van der Waals surface area contributed by atoms with Gasteiger partial charge in [-0.15, -0.1) is 0 Å². The van der Waals surface area contributed by atoms with Crippen molar-refractivity contribution in [3.63, 3.8) is 0 Å². The first kappa shape index (κ1) is 20.2. The average Bonchev–Trinajstić information content (AvgIpc) is 2.92. The van der Waals surface area contributed by atoms with E-state index in [4.69, 9.17) is 9.47 Å². The van der Waals surface area contributed by atoms with Crippen molar-refractivity contribution in [2.45, 2.75) is 36.6 Å². The number of sulfonamides is 1. The topological polar surface area (TPSA) is 60.8 Å². The molecule has 27 heavy (non-hydrogen) atoms. The largest absolute Gasteiger partial charge is 0.493 e. The molecule has 1 aromatic carbocycles. The Morgan fingerprint density at radius 2 is 1.81 bits per heavy atom. The smallest absolute Gasteiger partial charge is 0.244 e. The van der Waals surface area contributed by atoms with Gasteiger partial charge in [-0.3, -0.25) is 0 Å². The molecule has 0 N–H and O–H groups in total. The van der Waals surface area contributed by atoms with Gasteiger partial charge in [0.15, 0.2) is 11.5 Å². The van der Waals surface area contributed by atoms with E-state index in [9.17, 15) is 8.42 Å². The van der Waals surface area contributed by atoms with Gasteiger partial charge in [0.25, 0.3) is 0 Å². The third-order valence-corrected chi connectivity index (χ3v) is 7.92. The molecule has 0 spiro atoms. The van der Waals surface area contributed by atoms with Crippen molar-refractivity contribution in [3.8, 4) is 11.5 Å². The lowest BCUT2D eigenvalue weighted by Gasteiger charge is -2.30. The van der Waals surface area contributed by atoms with Gasteiger partial charge in [-0.05, 0) is 47.0 Å². The first-order chi connectivity index (χ1) is 12.9. The van der Waals surface area contributed by atoms with Gasteiger partial charge in [0, 0.05) is 36.0 Å². The van der Waals surface area contributed by atoms with Crippen LogP contribution in [-0.4, -0.2) is 38.1 Å². The summed E-state index contributed by atoms with van der Waals surface area (Å²) >= 11 is 3.41. The first-order valence-electron chi connectivity index (χ1n) is 8.94. The summed E-state index contributed by atoms with van der Waals surface area (Å²) in [6, 6.07) is 6.95. The quantitative estimate of drug-likeness (QED) is 0.678. The molecular weight excluding hydrogens is 432 g/mol. The van der Waals surface area contributed by atoms with E-state index in [-0.39, 0.29) is 10.9 Å². The Hall–Kier alpha value is -1.51. The number of methoxy groups -OCH3 is 2. The van der Waals surface area contributed by atoms with Crippen LogP contribution in [0.5, 0.6) is 11.5 Å². The molecular formula is C19H25BrN2O4S. The van der Waals surface area contributed by atoms with E-state index in [1.54, 1.807) is 10.4 Å². The number of hydrogen-bond acceptors (Lipinski definition) is 4. The summed E-state index contributed by atoms with van der Waals surface area (Å²) in [5.41, 5.74) is 1.01. The Bertz CT molecular complexity index is 910. The van der Waals surface area contributed by atoms with Crippen LogP contribution in [0.4, 0.5) is 0 Å². The molecule has 0 saturated carbocycles. The van der Waals surface area contributed by atoms with Gasteiger partial charge in [-0.25, -0.2) is 8.42 Å². The zero-order valence-electron chi connectivity index (χ0n) is 15.8. The fourth-order valence-electron chi connectivity index (χ4n) is 3.65. The number of hydrogen-bond donors (Lipinski definition) is 0. The highest BCUT2D eigenvalue weighted by Crippen LogP contribution is 2.40. The van der Waals surface area contributed by atoms with E-state index >= 15 is 0 Å². The Morgan fingerprint density at radius 3 is 2.44 bits per heavy atom. The lowest BCUT2D eigenvalue weighted by atomic mass is 10.1. The molecule has 1 aliphatic rings. The van der Waals surface area contributed by atoms with Crippen LogP contribution >= 0.6 is 15.9 Å². The minimum absolute atomic E-state index is 0.183. The molecule has 8 heteroatoms. The molecule has 0 amide bonds. The third kappa shape index (κ3) is 3.88. The van der Waals surface area contributed by atoms with Crippen molar-refractivity contribution in [2.75, 3.05) is 20.8 Å². The van der Waals surface area contributed by atoms with Crippen LogP contribution in [0.3, 0.4) is 0 Å². The number of nitrogens with zero attached hydrogens (tertiary/aromatic N) is 2. The minimum atomic E-state index is -3.73. The highest BCUT2D eigenvalue weighted by molar-refractivity contribution is 9.10. The molecule has 1 fully saturated rings. The van der Waals surface area contributed by atoms with Crippen LogP contribution in [0.15, 0.2) is 39.8 Å². The molecule has 2 aromatic rings. The Labute approximate surface area is 169 Å². The highest BCUT2D eigenvalue weighted by atomic mass is 79.9. The van der Waals surface area contributed by atoms with E-state index in [0.29, 0.717) is 22.5 Å². The van der Waals surface area contributed by atoms with Crippen molar-refractivity contribution >= 4 is 26.0 Å². The summed E-state index contributed by atoms with van der Waals surface area (Å²) < 4.78 is 42.0. The van der Waals surface area contributed by atoms with Gasteiger partial charge in [-0.1, -0.05) is 12.8 Å². The van der Waals surface area contributed by atoms with Gasteiger partial charge in [-0.2, -0.15) is 4.31 Å². The van der Waals surface area contributed by atoms with Crippen LogP contribution in [0.1, 0.15) is 37.4 Å². The summed E-state index contributed by atoms with van der Waals surface area (Å²) in [4.78, 5) is 0.196. The predicted octanol–water partition coefficient (Wildman–Crippen LogP) is 4.11. The van der Waals surface area contributed by atoms with Crippen LogP contribution in [0, 0.1) is 0 Å². The number of aromatic nitrogens is 1. The molecule has 0 unspecified atom stereocenters. The number of halogens is 1. The average molecular weight is 457 g/mol. The summed E-state index contributed by atoms with van der Waals surface area (Å²) in [6.07, 6.45) is 5.65. The molecule has 2 heterocycles.